The smallest absolute Gasteiger partial charge is 0.271 e. The van der Waals surface area contributed by atoms with E-state index < -0.39 is 0 Å². The summed E-state index contributed by atoms with van der Waals surface area (Å²) < 4.78 is 8.99. The van der Waals surface area contributed by atoms with Crippen molar-refractivity contribution in [1.82, 2.24) is 24.9 Å². The first-order valence-electron chi connectivity index (χ1n) is 8.86. The zero-order valence-corrected chi connectivity index (χ0v) is 15.7. The maximum atomic E-state index is 12.6. The SMILES string of the molecule is O=C(NCCCn1cccn1)c1cc(-c2ccco2)n(-c2cccc(Cl)c2)n1. The van der Waals surface area contributed by atoms with Gasteiger partial charge in [-0.25, -0.2) is 4.68 Å². The number of halogens is 1. The highest BCUT2D eigenvalue weighted by atomic mass is 35.5. The van der Waals surface area contributed by atoms with E-state index in [1.165, 1.54) is 0 Å². The zero-order valence-electron chi connectivity index (χ0n) is 15.0. The van der Waals surface area contributed by atoms with Crippen LogP contribution in [0.2, 0.25) is 5.02 Å². The molecule has 0 aliphatic heterocycles. The van der Waals surface area contributed by atoms with Crippen molar-refractivity contribution >= 4 is 17.5 Å². The Bertz CT molecular complexity index is 1050. The topological polar surface area (TPSA) is 77.9 Å². The molecule has 4 aromatic rings. The van der Waals surface area contributed by atoms with Gasteiger partial charge in [-0.3, -0.25) is 9.48 Å². The van der Waals surface area contributed by atoms with E-state index in [1.54, 1.807) is 41.4 Å². The van der Waals surface area contributed by atoms with Crippen LogP contribution in [0.3, 0.4) is 0 Å². The summed E-state index contributed by atoms with van der Waals surface area (Å²) >= 11 is 6.12. The molecule has 0 atom stereocenters. The van der Waals surface area contributed by atoms with Crippen molar-refractivity contribution in [3.05, 3.63) is 77.9 Å². The first-order valence-corrected chi connectivity index (χ1v) is 9.24. The molecule has 0 saturated heterocycles. The van der Waals surface area contributed by atoms with E-state index in [0.29, 0.717) is 28.7 Å². The molecule has 1 N–H and O–H groups in total. The van der Waals surface area contributed by atoms with E-state index in [9.17, 15) is 4.79 Å². The Kier molecular flexibility index (Phi) is 5.25. The number of nitrogens with zero attached hydrogens (tertiary/aromatic N) is 4. The monoisotopic (exact) mass is 395 g/mol. The van der Waals surface area contributed by atoms with Gasteiger partial charge in [-0.05, 0) is 42.8 Å². The molecule has 3 aromatic heterocycles. The fourth-order valence-corrected chi connectivity index (χ4v) is 3.05. The Labute approximate surface area is 166 Å². The third-order valence-electron chi connectivity index (χ3n) is 4.18. The lowest BCUT2D eigenvalue weighted by Crippen LogP contribution is -2.25. The molecular weight excluding hydrogens is 378 g/mol. The van der Waals surface area contributed by atoms with Gasteiger partial charge in [0, 0.05) is 36.6 Å². The standard InChI is InChI=1S/C20H18ClN5O2/c21-15-5-1-6-16(13-15)26-18(19-7-2-12-28-19)14-17(24-26)20(27)22-8-3-10-25-11-4-9-23-25/h1-2,4-7,9,11-14H,3,8,10H2,(H,22,27). The average molecular weight is 396 g/mol. The minimum absolute atomic E-state index is 0.242. The van der Waals surface area contributed by atoms with Gasteiger partial charge in [0.1, 0.15) is 5.69 Å². The van der Waals surface area contributed by atoms with Crippen molar-refractivity contribution in [2.75, 3.05) is 6.54 Å². The van der Waals surface area contributed by atoms with Crippen LogP contribution >= 0.6 is 11.6 Å². The number of aryl methyl sites for hydroxylation is 1. The number of amides is 1. The van der Waals surface area contributed by atoms with Gasteiger partial charge in [0.15, 0.2) is 11.5 Å². The molecule has 8 heteroatoms. The van der Waals surface area contributed by atoms with Crippen LogP contribution in [-0.2, 0) is 6.54 Å². The summed E-state index contributed by atoms with van der Waals surface area (Å²) in [5.41, 5.74) is 1.73. The van der Waals surface area contributed by atoms with Gasteiger partial charge in [-0.2, -0.15) is 10.2 Å². The zero-order chi connectivity index (χ0) is 19.3. The molecule has 7 nitrogen and oxygen atoms in total. The highest BCUT2D eigenvalue weighted by Gasteiger charge is 2.18. The summed E-state index contributed by atoms with van der Waals surface area (Å²) in [6.07, 6.45) is 5.98. The number of rotatable bonds is 7. The fourth-order valence-electron chi connectivity index (χ4n) is 2.86. The molecule has 4 rings (SSSR count). The predicted octanol–water partition coefficient (Wildman–Crippen LogP) is 3.80. The molecule has 28 heavy (non-hydrogen) atoms. The fraction of sp³-hybridized carbons (Fsp3) is 0.150. The maximum absolute atomic E-state index is 12.6. The summed E-state index contributed by atoms with van der Waals surface area (Å²) in [5.74, 6) is 0.374. The molecule has 142 valence electrons. The molecule has 1 amide bonds. The van der Waals surface area contributed by atoms with E-state index in [1.807, 2.05) is 35.1 Å². The average Bonchev–Trinajstić information content (AvgIpc) is 3.46. The predicted molar refractivity (Wildman–Crippen MR) is 105 cm³/mol. The quantitative estimate of drug-likeness (QED) is 0.483. The van der Waals surface area contributed by atoms with Crippen molar-refractivity contribution in [3.8, 4) is 17.1 Å². The summed E-state index contributed by atoms with van der Waals surface area (Å²) in [4.78, 5) is 12.6. The minimum atomic E-state index is -0.242. The number of hydrogen-bond donors (Lipinski definition) is 1. The van der Waals surface area contributed by atoms with Gasteiger partial charge in [-0.1, -0.05) is 17.7 Å². The summed E-state index contributed by atoms with van der Waals surface area (Å²) in [5, 5.41) is 12.1. The Morgan fingerprint density at radius 1 is 1.18 bits per heavy atom. The molecule has 0 aliphatic rings. The third-order valence-corrected chi connectivity index (χ3v) is 4.41. The van der Waals surface area contributed by atoms with Crippen molar-refractivity contribution in [2.45, 2.75) is 13.0 Å². The number of nitrogens with one attached hydrogen (secondary N) is 1. The van der Waals surface area contributed by atoms with Gasteiger partial charge >= 0.3 is 0 Å². The van der Waals surface area contributed by atoms with E-state index in [4.69, 9.17) is 16.0 Å². The third kappa shape index (κ3) is 3.99. The molecule has 0 unspecified atom stereocenters. The van der Waals surface area contributed by atoms with E-state index >= 15 is 0 Å². The summed E-state index contributed by atoms with van der Waals surface area (Å²) in [7, 11) is 0. The highest BCUT2D eigenvalue weighted by molar-refractivity contribution is 6.30. The Hall–Kier alpha value is -3.32. The minimum Gasteiger partial charge on any atom is -0.463 e. The Morgan fingerprint density at radius 3 is 2.86 bits per heavy atom. The van der Waals surface area contributed by atoms with Gasteiger partial charge in [0.05, 0.1) is 12.0 Å². The second-order valence-electron chi connectivity index (χ2n) is 6.16. The molecule has 1 aromatic carbocycles. The molecule has 0 radical (unpaired) electrons. The molecular formula is C20H18ClN5O2. The lowest BCUT2D eigenvalue weighted by molar-refractivity contribution is 0.0947. The number of furan rings is 1. The second kappa shape index (κ2) is 8.14. The van der Waals surface area contributed by atoms with Crippen LogP contribution in [0.1, 0.15) is 16.9 Å². The van der Waals surface area contributed by atoms with Gasteiger partial charge in [0.25, 0.3) is 5.91 Å². The largest absolute Gasteiger partial charge is 0.463 e. The summed E-state index contributed by atoms with van der Waals surface area (Å²) in [6, 6.07) is 14.5. The maximum Gasteiger partial charge on any atom is 0.271 e. The number of carbonyl (C=O) groups is 1. The molecule has 0 bridgehead atoms. The van der Waals surface area contributed by atoms with Crippen molar-refractivity contribution < 1.29 is 9.21 Å². The molecule has 0 saturated carbocycles. The van der Waals surface area contributed by atoms with Crippen molar-refractivity contribution in [1.29, 1.82) is 0 Å². The molecule has 0 fully saturated rings. The van der Waals surface area contributed by atoms with Crippen LogP contribution in [-0.4, -0.2) is 32.0 Å². The highest BCUT2D eigenvalue weighted by Crippen LogP contribution is 2.25. The first-order chi connectivity index (χ1) is 13.7. The van der Waals surface area contributed by atoms with Crippen LogP contribution in [0.15, 0.2) is 71.6 Å². The number of carbonyl (C=O) groups excluding carboxylic acids is 1. The first kappa shape index (κ1) is 18.1. The molecule has 0 spiro atoms. The lowest BCUT2D eigenvalue weighted by Gasteiger charge is -2.06. The Balaban J connectivity index is 1.52. The second-order valence-corrected chi connectivity index (χ2v) is 6.60. The van der Waals surface area contributed by atoms with Crippen LogP contribution in [0.5, 0.6) is 0 Å². The van der Waals surface area contributed by atoms with Crippen LogP contribution < -0.4 is 5.32 Å². The number of hydrogen-bond acceptors (Lipinski definition) is 4. The van der Waals surface area contributed by atoms with Crippen molar-refractivity contribution in [2.24, 2.45) is 0 Å². The Morgan fingerprint density at radius 2 is 2.11 bits per heavy atom. The van der Waals surface area contributed by atoms with Crippen LogP contribution in [0.4, 0.5) is 0 Å². The van der Waals surface area contributed by atoms with Crippen LogP contribution in [0.25, 0.3) is 17.1 Å². The summed E-state index contributed by atoms with van der Waals surface area (Å²) in [6.45, 7) is 1.26. The van der Waals surface area contributed by atoms with Crippen LogP contribution in [0, 0.1) is 0 Å². The van der Waals surface area contributed by atoms with Gasteiger partial charge in [0.2, 0.25) is 0 Å². The van der Waals surface area contributed by atoms with E-state index in [-0.39, 0.29) is 5.91 Å². The lowest BCUT2D eigenvalue weighted by atomic mass is 10.2. The molecule has 3 heterocycles. The van der Waals surface area contributed by atoms with Crippen molar-refractivity contribution in [3.63, 3.8) is 0 Å². The molecule has 0 aliphatic carbocycles. The van der Waals surface area contributed by atoms with E-state index in [0.717, 1.165) is 18.7 Å². The number of benzene rings is 1. The van der Waals surface area contributed by atoms with Gasteiger partial charge in [-0.15, -0.1) is 0 Å². The van der Waals surface area contributed by atoms with E-state index in [2.05, 4.69) is 15.5 Å². The van der Waals surface area contributed by atoms with Gasteiger partial charge < -0.3 is 9.73 Å². The number of aromatic nitrogens is 4. The normalized spacial score (nSPS) is 10.9.